The zero-order chi connectivity index (χ0) is 12.4. The van der Waals surface area contributed by atoms with Gasteiger partial charge < -0.3 is 15.6 Å². The number of ether oxygens (including phenoxy) is 1. The molecular formula is C13H18FNO2. The molecule has 0 amide bonds. The number of halogens is 1. The van der Waals surface area contributed by atoms with Crippen LogP contribution >= 0.6 is 0 Å². The monoisotopic (exact) mass is 239 g/mol. The normalized spacial score (nSPS) is 18.8. The van der Waals surface area contributed by atoms with Crippen LogP contribution in [0.25, 0.3) is 0 Å². The molecule has 2 atom stereocenters. The Hall–Kier alpha value is -1.13. The Bertz CT molecular complexity index is 393. The van der Waals surface area contributed by atoms with Crippen LogP contribution in [0.15, 0.2) is 18.2 Å². The molecule has 0 spiro atoms. The van der Waals surface area contributed by atoms with E-state index in [1.807, 2.05) is 0 Å². The van der Waals surface area contributed by atoms with Crippen LogP contribution in [0.1, 0.15) is 18.4 Å². The van der Waals surface area contributed by atoms with Gasteiger partial charge in [-0.3, -0.25) is 0 Å². The van der Waals surface area contributed by atoms with Crippen molar-refractivity contribution in [3.63, 3.8) is 0 Å². The topological polar surface area (TPSA) is 55.5 Å². The Balaban J connectivity index is 2.06. The first-order valence-electron chi connectivity index (χ1n) is 5.91. The molecule has 1 aromatic rings. The molecule has 1 saturated carbocycles. The highest BCUT2D eigenvalue weighted by molar-refractivity contribution is 5.32. The van der Waals surface area contributed by atoms with Crippen molar-refractivity contribution < 1.29 is 14.2 Å². The number of nitrogens with two attached hydrogens (primary N) is 1. The molecule has 0 saturated heterocycles. The van der Waals surface area contributed by atoms with Crippen molar-refractivity contribution in [2.75, 3.05) is 6.61 Å². The molecule has 1 aromatic carbocycles. The molecule has 2 unspecified atom stereocenters. The maximum absolute atomic E-state index is 12.9. The highest BCUT2D eigenvalue weighted by Gasteiger charge is 2.35. The SMILES string of the molecule is Cc1cc(F)ccc1OC(CO)C(N)C1CC1. The van der Waals surface area contributed by atoms with E-state index < -0.39 is 6.10 Å². The van der Waals surface area contributed by atoms with Crippen LogP contribution in [0.2, 0.25) is 0 Å². The molecule has 1 aliphatic carbocycles. The first-order valence-corrected chi connectivity index (χ1v) is 5.91. The number of hydrogen-bond donors (Lipinski definition) is 2. The zero-order valence-electron chi connectivity index (χ0n) is 9.90. The summed E-state index contributed by atoms with van der Waals surface area (Å²) in [4.78, 5) is 0. The van der Waals surface area contributed by atoms with Gasteiger partial charge in [-0.25, -0.2) is 4.39 Å². The van der Waals surface area contributed by atoms with E-state index in [0.29, 0.717) is 17.2 Å². The number of aliphatic hydroxyl groups is 1. The number of hydrogen-bond acceptors (Lipinski definition) is 3. The van der Waals surface area contributed by atoms with Gasteiger partial charge in [-0.05, 0) is 49.4 Å². The summed E-state index contributed by atoms with van der Waals surface area (Å²) in [6, 6.07) is 4.18. The Morgan fingerprint density at radius 1 is 1.53 bits per heavy atom. The molecule has 4 heteroatoms. The van der Waals surface area contributed by atoms with Crippen molar-refractivity contribution in [3.05, 3.63) is 29.6 Å². The van der Waals surface area contributed by atoms with E-state index in [4.69, 9.17) is 10.5 Å². The summed E-state index contributed by atoms with van der Waals surface area (Å²) in [5, 5.41) is 9.30. The lowest BCUT2D eigenvalue weighted by atomic mass is 10.1. The average molecular weight is 239 g/mol. The van der Waals surface area contributed by atoms with E-state index in [0.717, 1.165) is 12.8 Å². The maximum atomic E-state index is 12.9. The molecule has 1 fully saturated rings. The fourth-order valence-corrected chi connectivity index (χ4v) is 1.93. The number of rotatable bonds is 5. The van der Waals surface area contributed by atoms with Crippen LogP contribution < -0.4 is 10.5 Å². The van der Waals surface area contributed by atoms with Crippen LogP contribution in [0.5, 0.6) is 5.75 Å². The molecule has 1 aliphatic rings. The lowest BCUT2D eigenvalue weighted by Crippen LogP contribution is -2.43. The van der Waals surface area contributed by atoms with Crippen molar-refractivity contribution >= 4 is 0 Å². The van der Waals surface area contributed by atoms with E-state index in [1.165, 1.54) is 12.1 Å². The smallest absolute Gasteiger partial charge is 0.137 e. The van der Waals surface area contributed by atoms with Gasteiger partial charge in [0.15, 0.2) is 0 Å². The molecule has 0 heterocycles. The summed E-state index contributed by atoms with van der Waals surface area (Å²) in [6.45, 7) is 1.66. The van der Waals surface area contributed by atoms with Gasteiger partial charge in [0, 0.05) is 6.04 Å². The lowest BCUT2D eigenvalue weighted by Gasteiger charge is -2.24. The van der Waals surface area contributed by atoms with E-state index >= 15 is 0 Å². The van der Waals surface area contributed by atoms with Gasteiger partial charge in [0.2, 0.25) is 0 Å². The predicted octanol–water partition coefficient (Wildman–Crippen LogP) is 1.61. The largest absolute Gasteiger partial charge is 0.486 e. The quantitative estimate of drug-likeness (QED) is 0.820. The number of aryl methyl sites for hydroxylation is 1. The van der Waals surface area contributed by atoms with Gasteiger partial charge >= 0.3 is 0 Å². The van der Waals surface area contributed by atoms with Crippen LogP contribution in [-0.4, -0.2) is 23.9 Å². The average Bonchev–Trinajstić information content (AvgIpc) is 3.11. The molecule has 3 nitrogen and oxygen atoms in total. The molecule has 3 N–H and O–H groups in total. The minimum Gasteiger partial charge on any atom is -0.486 e. The van der Waals surface area contributed by atoms with Crippen molar-refractivity contribution in [2.24, 2.45) is 11.7 Å². The minimum atomic E-state index is -0.410. The van der Waals surface area contributed by atoms with Crippen molar-refractivity contribution in [3.8, 4) is 5.75 Å². The summed E-state index contributed by atoms with van der Waals surface area (Å²) in [5.41, 5.74) is 6.72. The molecule has 94 valence electrons. The molecule has 17 heavy (non-hydrogen) atoms. The van der Waals surface area contributed by atoms with Crippen molar-refractivity contribution in [1.29, 1.82) is 0 Å². The van der Waals surface area contributed by atoms with Gasteiger partial charge in [-0.2, -0.15) is 0 Å². The second kappa shape index (κ2) is 5.02. The molecule has 2 rings (SSSR count). The van der Waals surface area contributed by atoms with Gasteiger partial charge in [0.25, 0.3) is 0 Å². The predicted molar refractivity (Wildman–Crippen MR) is 63.3 cm³/mol. The molecule has 0 radical (unpaired) electrons. The van der Waals surface area contributed by atoms with Gasteiger partial charge in [0.1, 0.15) is 17.7 Å². The van der Waals surface area contributed by atoms with Gasteiger partial charge in [-0.1, -0.05) is 0 Å². The first-order chi connectivity index (χ1) is 8.11. The van der Waals surface area contributed by atoms with E-state index in [2.05, 4.69) is 0 Å². The molecule has 0 aromatic heterocycles. The third-order valence-corrected chi connectivity index (χ3v) is 3.19. The Kier molecular flexibility index (Phi) is 3.64. The molecule has 0 bridgehead atoms. The van der Waals surface area contributed by atoms with Crippen LogP contribution in [-0.2, 0) is 0 Å². The standard InChI is InChI=1S/C13H18FNO2/c1-8-6-10(14)4-5-11(8)17-12(7-16)13(15)9-2-3-9/h4-6,9,12-13,16H,2-3,7,15H2,1H3. The summed E-state index contributed by atoms with van der Waals surface area (Å²) < 4.78 is 18.6. The maximum Gasteiger partial charge on any atom is 0.137 e. The second-order valence-electron chi connectivity index (χ2n) is 4.66. The third kappa shape index (κ3) is 2.96. The summed E-state index contributed by atoms with van der Waals surface area (Å²) in [7, 11) is 0. The fraction of sp³-hybridized carbons (Fsp3) is 0.538. The van der Waals surface area contributed by atoms with Crippen LogP contribution in [0, 0.1) is 18.7 Å². The first kappa shape index (κ1) is 12.3. The van der Waals surface area contributed by atoms with E-state index in [1.54, 1.807) is 13.0 Å². The fourth-order valence-electron chi connectivity index (χ4n) is 1.93. The Labute approximate surface area is 100 Å². The third-order valence-electron chi connectivity index (χ3n) is 3.19. The van der Waals surface area contributed by atoms with Gasteiger partial charge in [0.05, 0.1) is 6.61 Å². The summed E-state index contributed by atoms with van der Waals surface area (Å²) in [5.74, 6) is 0.747. The minimum absolute atomic E-state index is 0.117. The molecule has 0 aliphatic heterocycles. The molecular weight excluding hydrogens is 221 g/mol. The summed E-state index contributed by atoms with van der Waals surface area (Å²) in [6.07, 6.45) is 1.79. The van der Waals surface area contributed by atoms with E-state index in [-0.39, 0.29) is 18.5 Å². The zero-order valence-corrected chi connectivity index (χ0v) is 9.90. The Morgan fingerprint density at radius 3 is 2.76 bits per heavy atom. The highest BCUT2D eigenvalue weighted by Crippen LogP contribution is 2.34. The second-order valence-corrected chi connectivity index (χ2v) is 4.66. The number of benzene rings is 1. The van der Waals surface area contributed by atoms with E-state index in [9.17, 15) is 9.50 Å². The van der Waals surface area contributed by atoms with Crippen LogP contribution in [0.3, 0.4) is 0 Å². The van der Waals surface area contributed by atoms with Crippen molar-refractivity contribution in [2.45, 2.75) is 31.9 Å². The Morgan fingerprint density at radius 2 is 2.24 bits per heavy atom. The number of aliphatic hydroxyl groups excluding tert-OH is 1. The van der Waals surface area contributed by atoms with Crippen LogP contribution in [0.4, 0.5) is 4.39 Å². The van der Waals surface area contributed by atoms with Gasteiger partial charge in [-0.15, -0.1) is 0 Å². The van der Waals surface area contributed by atoms with Crippen molar-refractivity contribution in [1.82, 2.24) is 0 Å². The highest BCUT2D eigenvalue weighted by atomic mass is 19.1. The lowest BCUT2D eigenvalue weighted by molar-refractivity contribution is 0.0876. The summed E-state index contributed by atoms with van der Waals surface area (Å²) >= 11 is 0.